The zero-order valence-electron chi connectivity index (χ0n) is 17.7. The molecule has 0 aromatic heterocycles. The Morgan fingerprint density at radius 2 is 1.83 bits per heavy atom. The van der Waals surface area contributed by atoms with E-state index in [1.54, 1.807) is 13.8 Å². The summed E-state index contributed by atoms with van der Waals surface area (Å²) in [5.74, 6) is 0.399. The Labute approximate surface area is 172 Å². The Morgan fingerprint density at radius 3 is 2.52 bits per heavy atom. The van der Waals surface area contributed by atoms with Gasteiger partial charge in [-0.05, 0) is 55.3 Å². The third-order valence-corrected chi connectivity index (χ3v) is 5.59. The van der Waals surface area contributed by atoms with E-state index in [0.29, 0.717) is 19.0 Å². The largest absolute Gasteiger partial charge is 0.492 e. The van der Waals surface area contributed by atoms with Gasteiger partial charge in [0.25, 0.3) is 0 Å². The predicted octanol–water partition coefficient (Wildman–Crippen LogP) is 3.17. The molecular formula is C23H31NO5. The molecule has 2 aromatic carbocycles. The number of methoxy groups -OCH3 is 1. The van der Waals surface area contributed by atoms with Crippen molar-refractivity contribution in [3.63, 3.8) is 0 Å². The van der Waals surface area contributed by atoms with E-state index in [9.17, 15) is 9.90 Å². The highest BCUT2D eigenvalue weighted by molar-refractivity contribution is 5.84. The molecule has 2 unspecified atom stereocenters. The molecule has 0 saturated carbocycles. The third-order valence-electron chi connectivity index (χ3n) is 5.59. The molecule has 1 aliphatic rings. The summed E-state index contributed by atoms with van der Waals surface area (Å²) in [6.07, 6.45) is -0.561. The number of hydrogen-bond acceptors (Lipinski definition) is 6. The van der Waals surface area contributed by atoms with Gasteiger partial charge in [-0.1, -0.05) is 18.2 Å². The number of carbonyl (C=O) groups excluding carboxylic acids is 1. The van der Waals surface area contributed by atoms with Gasteiger partial charge in [0, 0.05) is 19.1 Å². The van der Waals surface area contributed by atoms with E-state index >= 15 is 0 Å². The Morgan fingerprint density at radius 1 is 1.17 bits per heavy atom. The van der Waals surface area contributed by atoms with Crippen LogP contribution in [0.2, 0.25) is 0 Å². The molecule has 0 radical (unpaired) electrons. The standard InChI is InChI=1S/C23H31NO5/c1-16(24-9-11-28-12-10-24)21(25)19-6-5-18-14-20(8-7-17(18)13-19)29-15-23(2,3)22(26)27-4/h5-8,13-14,16,21,25H,9-12,15H2,1-4H3. The maximum Gasteiger partial charge on any atom is 0.314 e. The number of esters is 1. The molecule has 1 saturated heterocycles. The normalized spacial score (nSPS) is 17.7. The molecule has 0 amide bonds. The highest BCUT2D eigenvalue weighted by Gasteiger charge is 2.30. The van der Waals surface area contributed by atoms with Crippen LogP contribution in [0.5, 0.6) is 5.75 Å². The van der Waals surface area contributed by atoms with Crippen molar-refractivity contribution in [2.24, 2.45) is 5.41 Å². The average Bonchev–Trinajstić information content (AvgIpc) is 2.76. The third kappa shape index (κ3) is 5.07. The molecule has 158 valence electrons. The topological polar surface area (TPSA) is 68.2 Å². The second kappa shape index (κ2) is 9.11. The van der Waals surface area contributed by atoms with Gasteiger partial charge in [0.1, 0.15) is 12.4 Å². The predicted molar refractivity (Wildman–Crippen MR) is 112 cm³/mol. The number of rotatable bonds is 7. The molecule has 2 aromatic rings. The number of benzene rings is 2. The lowest BCUT2D eigenvalue weighted by molar-refractivity contribution is -0.152. The Balaban J connectivity index is 1.71. The maximum absolute atomic E-state index is 11.8. The summed E-state index contributed by atoms with van der Waals surface area (Å²) in [6.45, 7) is 8.99. The fourth-order valence-corrected chi connectivity index (χ4v) is 3.58. The average molecular weight is 402 g/mol. The summed E-state index contributed by atoms with van der Waals surface area (Å²) < 4.78 is 16.1. The van der Waals surface area contributed by atoms with E-state index in [2.05, 4.69) is 11.8 Å². The van der Waals surface area contributed by atoms with Crippen molar-refractivity contribution < 1.29 is 24.1 Å². The van der Waals surface area contributed by atoms with E-state index in [1.165, 1.54) is 7.11 Å². The molecule has 6 nitrogen and oxygen atoms in total. The summed E-state index contributed by atoms with van der Waals surface area (Å²) in [6, 6.07) is 11.8. The number of ether oxygens (including phenoxy) is 3. The van der Waals surface area contributed by atoms with Crippen LogP contribution in [-0.2, 0) is 14.3 Å². The number of aliphatic hydroxyl groups excluding tert-OH is 1. The number of hydrogen-bond donors (Lipinski definition) is 1. The minimum Gasteiger partial charge on any atom is -0.492 e. The van der Waals surface area contributed by atoms with E-state index < -0.39 is 11.5 Å². The molecule has 3 rings (SSSR count). The summed E-state index contributed by atoms with van der Waals surface area (Å²) in [7, 11) is 1.38. The quantitative estimate of drug-likeness (QED) is 0.719. The number of carbonyl (C=O) groups is 1. The summed E-state index contributed by atoms with van der Waals surface area (Å²) in [5.41, 5.74) is 0.185. The van der Waals surface area contributed by atoms with Crippen LogP contribution in [0.25, 0.3) is 10.8 Å². The molecule has 1 N–H and O–H groups in total. The van der Waals surface area contributed by atoms with Crippen LogP contribution in [0.3, 0.4) is 0 Å². The van der Waals surface area contributed by atoms with Crippen LogP contribution in [0, 0.1) is 5.41 Å². The van der Waals surface area contributed by atoms with Crippen molar-refractivity contribution >= 4 is 16.7 Å². The summed E-state index contributed by atoms with van der Waals surface area (Å²) >= 11 is 0. The number of morpholine rings is 1. The van der Waals surface area contributed by atoms with Crippen LogP contribution >= 0.6 is 0 Å². The first kappa shape index (κ1) is 21.6. The van der Waals surface area contributed by atoms with Crippen molar-refractivity contribution in [1.82, 2.24) is 4.90 Å². The van der Waals surface area contributed by atoms with E-state index in [0.717, 1.165) is 29.4 Å². The lowest BCUT2D eigenvalue weighted by Gasteiger charge is -2.35. The smallest absolute Gasteiger partial charge is 0.314 e. The van der Waals surface area contributed by atoms with Gasteiger partial charge in [-0.2, -0.15) is 0 Å². The van der Waals surface area contributed by atoms with E-state index in [1.807, 2.05) is 36.4 Å². The fourth-order valence-electron chi connectivity index (χ4n) is 3.58. The van der Waals surface area contributed by atoms with Gasteiger partial charge in [0.2, 0.25) is 0 Å². The van der Waals surface area contributed by atoms with Crippen molar-refractivity contribution in [3.05, 3.63) is 42.0 Å². The van der Waals surface area contributed by atoms with Crippen molar-refractivity contribution in [2.75, 3.05) is 40.0 Å². The summed E-state index contributed by atoms with van der Waals surface area (Å²) in [5, 5.41) is 12.9. The Kier molecular flexibility index (Phi) is 6.77. The molecule has 0 aliphatic carbocycles. The Hall–Kier alpha value is -2.15. The first-order valence-corrected chi connectivity index (χ1v) is 10.1. The van der Waals surface area contributed by atoms with Crippen molar-refractivity contribution in [1.29, 1.82) is 0 Å². The summed E-state index contributed by atoms with van der Waals surface area (Å²) in [4.78, 5) is 14.1. The lowest BCUT2D eigenvalue weighted by Crippen LogP contribution is -2.44. The van der Waals surface area contributed by atoms with Crippen molar-refractivity contribution in [2.45, 2.75) is 32.9 Å². The highest BCUT2D eigenvalue weighted by Crippen LogP contribution is 2.28. The van der Waals surface area contributed by atoms with E-state index in [4.69, 9.17) is 14.2 Å². The van der Waals surface area contributed by atoms with Crippen molar-refractivity contribution in [3.8, 4) is 5.75 Å². The van der Waals surface area contributed by atoms with Crippen LogP contribution in [0.1, 0.15) is 32.4 Å². The molecule has 29 heavy (non-hydrogen) atoms. The maximum atomic E-state index is 11.8. The van der Waals surface area contributed by atoms with Gasteiger partial charge in [-0.3, -0.25) is 9.69 Å². The monoisotopic (exact) mass is 401 g/mol. The number of aliphatic hydroxyl groups is 1. The molecule has 1 heterocycles. The molecule has 2 atom stereocenters. The SMILES string of the molecule is COC(=O)C(C)(C)COc1ccc2cc(C(O)C(C)N3CCOCC3)ccc2c1. The second-order valence-corrected chi connectivity index (χ2v) is 8.27. The van der Waals surface area contributed by atoms with Gasteiger partial charge < -0.3 is 19.3 Å². The van der Waals surface area contributed by atoms with Gasteiger partial charge in [-0.25, -0.2) is 0 Å². The van der Waals surface area contributed by atoms with Crippen LogP contribution < -0.4 is 4.74 Å². The van der Waals surface area contributed by atoms with Crippen LogP contribution in [0.15, 0.2) is 36.4 Å². The van der Waals surface area contributed by atoms with Gasteiger partial charge >= 0.3 is 5.97 Å². The molecular weight excluding hydrogens is 370 g/mol. The molecule has 0 bridgehead atoms. The molecule has 1 aliphatic heterocycles. The van der Waals surface area contributed by atoms with E-state index in [-0.39, 0.29) is 18.6 Å². The fraction of sp³-hybridized carbons (Fsp3) is 0.522. The second-order valence-electron chi connectivity index (χ2n) is 8.27. The van der Waals surface area contributed by atoms with Gasteiger partial charge in [-0.15, -0.1) is 0 Å². The number of fused-ring (bicyclic) bond motifs is 1. The zero-order chi connectivity index (χ0) is 21.0. The molecule has 1 fully saturated rings. The zero-order valence-corrected chi connectivity index (χ0v) is 17.7. The first-order valence-electron chi connectivity index (χ1n) is 10.1. The molecule has 0 spiro atoms. The molecule has 6 heteroatoms. The Bertz CT molecular complexity index is 844. The number of nitrogens with zero attached hydrogens (tertiary/aromatic N) is 1. The first-order chi connectivity index (χ1) is 13.8. The van der Waals surface area contributed by atoms with Gasteiger partial charge in [0.05, 0.1) is 31.8 Å². The van der Waals surface area contributed by atoms with Gasteiger partial charge in [0.15, 0.2) is 0 Å². The lowest BCUT2D eigenvalue weighted by atomic mass is 9.95. The minimum absolute atomic E-state index is 0.0273. The highest BCUT2D eigenvalue weighted by atomic mass is 16.5. The van der Waals surface area contributed by atoms with Crippen LogP contribution in [-0.4, -0.2) is 62.0 Å². The van der Waals surface area contributed by atoms with Crippen LogP contribution in [0.4, 0.5) is 0 Å². The minimum atomic E-state index is -0.715.